The van der Waals surface area contributed by atoms with E-state index in [0.717, 1.165) is 17.7 Å². The van der Waals surface area contributed by atoms with Crippen LogP contribution < -0.4 is 5.32 Å². The maximum absolute atomic E-state index is 13.1. The Morgan fingerprint density at radius 2 is 2.00 bits per heavy atom. The fourth-order valence-corrected chi connectivity index (χ4v) is 2.46. The first-order valence-electron chi connectivity index (χ1n) is 6.74. The third kappa shape index (κ3) is 4.29. The van der Waals surface area contributed by atoms with Gasteiger partial charge in [-0.15, -0.1) is 0 Å². The summed E-state index contributed by atoms with van der Waals surface area (Å²) in [7, 11) is 1.40. The van der Waals surface area contributed by atoms with E-state index in [1.54, 1.807) is 6.92 Å². The zero-order chi connectivity index (χ0) is 15.3. The summed E-state index contributed by atoms with van der Waals surface area (Å²) in [5.74, 6) is -0.543. The van der Waals surface area contributed by atoms with Gasteiger partial charge in [-0.2, -0.15) is 18.4 Å². The third-order valence-corrected chi connectivity index (χ3v) is 3.87. The molecule has 20 heavy (non-hydrogen) atoms. The van der Waals surface area contributed by atoms with Gasteiger partial charge in [-0.05, 0) is 25.7 Å². The van der Waals surface area contributed by atoms with Crippen molar-refractivity contribution in [2.24, 2.45) is 5.92 Å². The number of rotatable bonds is 4. The van der Waals surface area contributed by atoms with Crippen LogP contribution in [0, 0.1) is 17.2 Å². The minimum Gasteiger partial charge on any atom is -0.326 e. The quantitative estimate of drug-likeness (QED) is 0.865. The fourth-order valence-electron chi connectivity index (χ4n) is 2.46. The average molecular weight is 291 g/mol. The monoisotopic (exact) mass is 291 g/mol. The highest BCUT2D eigenvalue weighted by Gasteiger charge is 2.46. The molecule has 0 aromatic heterocycles. The van der Waals surface area contributed by atoms with Crippen LogP contribution in [0.4, 0.5) is 18.0 Å². The van der Waals surface area contributed by atoms with Crippen LogP contribution in [0.15, 0.2) is 0 Å². The van der Waals surface area contributed by atoms with Crippen LogP contribution in [0.25, 0.3) is 0 Å². The minimum absolute atomic E-state index is 0.0873. The van der Waals surface area contributed by atoms with Crippen molar-refractivity contribution < 1.29 is 18.0 Å². The summed E-state index contributed by atoms with van der Waals surface area (Å²) < 4.78 is 39.2. The number of alkyl halides is 3. The summed E-state index contributed by atoms with van der Waals surface area (Å²) in [6.45, 7) is 1.63. The van der Waals surface area contributed by atoms with Gasteiger partial charge in [0.15, 0.2) is 0 Å². The van der Waals surface area contributed by atoms with Crippen molar-refractivity contribution in [3.05, 3.63) is 0 Å². The molecule has 7 heteroatoms. The predicted molar refractivity (Wildman–Crippen MR) is 67.8 cm³/mol. The summed E-state index contributed by atoms with van der Waals surface area (Å²) in [6.07, 6.45) is -1.83. The number of halogens is 3. The summed E-state index contributed by atoms with van der Waals surface area (Å²) >= 11 is 0. The standard InChI is InChI=1S/C13H20F3N3O/c1-9(7-8-17)19(2)12(20)18-11(13(14,15)16)10-5-3-4-6-10/h9-11H,3-7H2,1-2H3,(H,18,20)/t9-,11+/m0/s1. The van der Waals surface area contributed by atoms with Gasteiger partial charge in [0.2, 0.25) is 0 Å². The van der Waals surface area contributed by atoms with E-state index < -0.39 is 30.2 Å². The Morgan fingerprint density at radius 3 is 2.45 bits per heavy atom. The number of nitriles is 1. The highest BCUT2D eigenvalue weighted by Crippen LogP contribution is 2.35. The van der Waals surface area contributed by atoms with Crippen molar-refractivity contribution in [2.45, 2.75) is 57.3 Å². The van der Waals surface area contributed by atoms with Crippen molar-refractivity contribution >= 4 is 6.03 Å². The fraction of sp³-hybridized carbons (Fsp3) is 0.846. The maximum Gasteiger partial charge on any atom is 0.408 e. The summed E-state index contributed by atoms with van der Waals surface area (Å²) in [5, 5.41) is 10.7. The number of amides is 2. The summed E-state index contributed by atoms with van der Waals surface area (Å²) in [5.41, 5.74) is 0. The second-order valence-electron chi connectivity index (χ2n) is 5.34. The molecule has 0 aromatic carbocycles. The number of nitrogens with one attached hydrogen (secondary N) is 1. The van der Waals surface area contributed by atoms with Crippen molar-refractivity contribution in [3.8, 4) is 6.07 Å². The van der Waals surface area contributed by atoms with Crippen molar-refractivity contribution in [2.75, 3.05) is 7.05 Å². The van der Waals surface area contributed by atoms with Gasteiger partial charge in [-0.1, -0.05) is 12.8 Å². The molecule has 0 aliphatic heterocycles. The first-order valence-corrected chi connectivity index (χ1v) is 6.74. The number of carbonyl (C=O) groups is 1. The predicted octanol–water partition coefficient (Wildman–Crippen LogP) is 3.05. The summed E-state index contributed by atoms with van der Waals surface area (Å²) in [6, 6.07) is -1.09. The van der Waals surface area contributed by atoms with Gasteiger partial charge < -0.3 is 10.2 Å². The highest BCUT2D eigenvalue weighted by atomic mass is 19.4. The smallest absolute Gasteiger partial charge is 0.326 e. The normalized spacial score (nSPS) is 19.2. The lowest BCUT2D eigenvalue weighted by atomic mass is 9.98. The van der Waals surface area contributed by atoms with Gasteiger partial charge in [-0.25, -0.2) is 4.79 Å². The molecule has 1 aliphatic rings. The molecule has 1 N–H and O–H groups in total. The molecule has 0 aromatic rings. The van der Waals surface area contributed by atoms with E-state index in [1.165, 1.54) is 7.05 Å². The molecule has 2 atom stereocenters. The molecule has 1 aliphatic carbocycles. The van der Waals surface area contributed by atoms with Crippen LogP contribution in [0.1, 0.15) is 39.0 Å². The highest BCUT2D eigenvalue weighted by molar-refractivity contribution is 5.74. The SMILES string of the molecule is C[C@@H](CC#N)N(C)C(=O)N[C@H](C1CCCC1)C(F)(F)F. The van der Waals surface area contributed by atoms with Crippen LogP contribution in [0.3, 0.4) is 0 Å². The Morgan fingerprint density at radius 1 is 1.45 bits per heavy atom. The van der Waals surface area contributed by atoms with E-state index in [0.29, 0.717) is 12.8 Å². The molecule has 0 spiro atoms. The van der Waals surface area contributed by atoms with Gasteiger partial charge in [0.1, 0.15) is 6.04 Å². The molecule has 0 bridgehead atoms. The lowest BCUT2D eigenvalue weighted by molar-refractivity contribution is -0.165. The first-order chi connectivity index (χ1) is 9.27. The van der Waals surface area contributed by atoms with Crippen molar-refractivity contribution in [1.29, 1.82) is 5.26 Å². The van der Waals surface area contributed by atoms with Crippen LogP contribution >= 0.6 is 0 Å². The molecule has 1 fully saturated rings. The topological polar surface area (TPSA) is 56.1 Å². The molecular formula is C13H20F3N3O. The Bertz CT molecular complexity index is 372. The van der Waals surface area contributed by atoms with Crippen molar-refractivity contribution in [3.63, 3.8) is 0 Å². The molecule has 1 rings (SSSR count). The van der Waals surface area contributed by atoms with Gasteiger partial charge in [0.25, 0.3) is 0 Å². The summed E-state index contributed by atoms with van der Waals surface area (Å²) in [4.78, 5) is 13.0. The molecular weight excluding hydrogens is 271 g/mol. The largest absolute Gasteiger partial charge is 0.408 e. The Hall–Kier alpha value is -1.45. The van der Waals surface area contributed by atoms with Crippen LogP contribution in [-0.2, 0) is 0 Å². The van der Waals surface area contributed by atoms with E-state index in [-0.39, 0.29) is 6.42 Å². The second kappa shape index (κ2) is 6.82. The van der Waals surface area contributed by atoms with Gasteiger partial charge >= 0.3 is 12.2 Å². The van der Waals surface area contributed by atoms with Gasteiger partial charge in [0.05, 0.1) is 12.5 Å². The molecule has 0 saturated heterocycles. The number of hydrogen-bond acceptors (Lipinski definition) is 2. The van der Waals surface area contributed by atoms with Gasteiger partial charge in [-0.3, -0.25) is 0 Å². The minimum atomic E-state index is -4.44. The third-order valence-electron chi connectivity index (χ3n) is 3.87. The van der Waals surface area contributed by atoms with Crippen LogP contribution in [0.5, 0.6) is 0 Å². The van der Waals surface area contributed by atoms with E-state index in [4.69, 9.17) is 5.26 Å². The second-order valence-corrected chi connectivity index (χ2v) is 5.34. The van der Waals surface area contributed by atoms with Crippen LogP contribution in [0.2, 0.25) is 0 Å². The molecule has 1 saturated carbocycles. The van der Waals surface area contributed by atoms with Crippen LogP contribution in [-0.4, -0.2) is 36.2 Å². The molecule has 4 nitrogen and oxygen atoms in total. The average Bonchev–Trinajstić information content (AvgIpc) is 2.86. The Labute approximate surface area is 116 Å². The Balaban J connectivity index is 2.70. The molecule has 114 valence electrons. The van der Waals surface area contributed by atoms with E-state index in [9.17, 15) is 18.0 Å². The zero-order valence-corrected chi connectivity index (χ0v) is 11.7. The number of nitrogens with zero attached hydrogens (tertiary/aromatic N) is 2. The molecule has 2 amide bonds. The molecule has 0 radical (unpaired) electrons. The zero-order valence-electron chi connectivity index (χ0n) is 11.7. The number of hydrogen-bond donors (Lipinski definition) is 1. The Kier molecular flexibility index (Phi) is 5.66. The maximum atomic E-state index is 13.1. The van der Waals surface area contributed by atoms with E-state index >= 15 is 0 Å². The lowest BCUT2D eigenvalue weighted by Crippen LogP contribution is -2.54. The van der Waals surface area contributed by atoms with Crippen molar-refractivity contribution in [1.82, 2.24) is 10.2 Å². The van der Waals surface area contributed by atoms with E-state index in [1.807, 2.05) is 6.07 Å². The first kappa shape index (κ1) is 16.6. The number of carbonyl (C=O) groups excluding carboxylic acids is 1. The number of urea groups is 1. The molecule has 0 heterocycles. The van der Waals surface area contributed by atoms with E-state index in [2.05, 4.69) is 5.32 Å². The van der Waals surface area contributed by atoms with Gasteiger partial charge in [0, 0.05) is 13.1 Å². The molecule has 0 unspecified atom stereocenters. The lowest BCUT2D eigenvalue weighted by Gasteiger charge is -2.31.